The Balaban J connectivity index is 2.10. The second kappa shape index (κ2) is 6.44. The third-order valence-corrected chi connectivity index (χ3v) is 6.60. The highest BCUT2D eigenvalue weighted by atomic mass is 79.9. The fourth-order valence-electron chi connectivity index (χ4n) is 4.06. The molecule has 0 radical (unpaired) electrons. The minimum atomic E-state index is 0.471. The molecule has 0 bridgehead atoms. The molecule has 21 heavy (non-hydrogen) atoms. The SMILES string of the molecule is Cc1cc(C)cc(CC2(CBr)CCC(C(C)(C)C)CC2)c1. The van der Waals surface area contributed by atoms with Gasteiger partial charge in [-0.05, 0) is 68.3 Å². The van der Waals surface area contributed by atoms with E-state index in [-0.39, 0.29) is 0 Å². The van der Waals surface area contributed by atoms with Crippen molar-refractivity contribution in [2.24, 2.45) is 16.7 Å². The zero-order valence-electron chi connectivity index (χ0n) is 14.4. The number of rotatable bonds is 3. The van der Waals surface area contributed by atoms with E-state index in [9.17, 15) is 0 Å². The molecule has 0 heterocycles. The van der Waals surface area contributed by atoms with Gasteiger partial charge in [-0.3, -0.25) is 0 Å². The zero-order valence-corrected chi connectivity index (χ0v) is 16.0. The molecule has 1 aliphatic carbocycles. The van der Waals surface area contributed by atoms with Crippen molar-refractivity contribution in [3.63, 3.8) is 0 Å². The first-order valence-electron chi connectivity index (χ1n) is 8.37. The topological polar surface area (TPSA) is 0 Å². The first-order chi connectivity index (χ1) is 9.74. The van der Waals surface area contributed by atoms with Gasteiger partial charge < -0.3 is 0 Å². The van der Waals surface area contributed by atoms with E-state index < -0.39 is 0 Å². The molecule has 0 nitrogen and oxygen atoms in total. The molecule has 0 N–H and O–H groups in total. The number of hydrogen-bond donors (Lipinski definition) is 0. The lowest BCUT2D eigenvalue weighted by Gasteiger charge is -2.43. The van der Waals surface area contributed by atoms with E-state index in [2.05, 4.69) is 68.7 Å². The van der Waals surface area contributed by atoms with E-state index in [4.69, 9.17) is 0 Å². The summed E-state index contributed by atoms with van der Waals surface area (Å²) < 4.78 is 0. The third-order valence-electron chi connectivity index (χ3n) is 5.42. The van der Waals surface area contributed by atoms with Crippen LogP contribution in [-0.2, 0) is 6.42 Å². The zero-order chi connectivity index (χ0) is 15.7. The summed E-state index contributed by atoms with van der Waals surface area (Å²) in [7, 11) is 0. The van der Waals surface area contributed by atoms with Gasteiger partial charge in [0.25, 0.3) is 0 Å². The molecule has 1 saturated carbocycles. The second-order valence-electron chi connectivity index (χ2n) is 8.45. The summed E-state index contributed by atoms with van der Waals surface area (Å²) in [5.41, 5.74) is 5.28. The molecule has 0 amide bonds. The van der Waals surface area contributed by atoms with Crippen LogP contribution in [0.25, 0.3) is 0 Å². The fraction of sp³-hybridized carbons (Fsp3) is 0.700. The summed E-state index contributed by atoms with van der Waals surface area (Å²) >= 11 is 3.83. The van der Waals surface area contributed by atoms with Crippen molar-refractivity contribution >= 4 is 15.9 Å². The Morgan fingerprint density at radius 1 is 1.05 bits per heavy atom. The fourth-order valence-corrected chi connectivity index (χ4v) is 4.82. The first-order valence-corrected chi connectivity index (χ1v) is 9.49. The van der Waals surface area contributed by atoms with Crippen LogP contribution in [0.4, 0.5) is 0 Å². The highest BCUT2D eigenvalue weighted by Crippen LogP contribution is 2.47. The second-order valence-corrected chi connectivity index (χ2v) is 9.01. The van der Waals surface area contributed by atoms with Crippen LogP contribution in [0.1, 0.15) is 63.1 Å². The van der Waals surface area contributed by atoms with E-state index in [1.165, 1.54) is 48.8 Å². The third kappa shape index (κ3) is 4.34. The van der Waals surface area contributed by atoms with Crippen LogP contribution in [0.15, 0.2) is 18.2 Å². The van der Waals surface area contributed by atoms with Gasteiger partial charge in [-0.25, -0.2) is 0 Å². The summed E-state index contributed by atoms with van der Waals surface area (Å²) in [4.78, 5) is 0. The van der Waals surface area contributed by atoms with Gasteiger partial charge in [-0.1, -0.05) is 66.0 Å². The lowest BCUT2D eigenvalue weighted by Crippen LogP contribution is -2.35. The monoisotopic (exact) mass is 350 g/mol. The van der Waals surface area contributed by atoms with Crippen molar-refractivity contribution in [2.75, 3.05) is 5.33 Å². The van der Waals surface area contributed by atoms with Crippen molar-refractivity contribution in [1.82, 2.24) is 0 Å². The molecule has 2 rings (SSSR count). The lowest BCUT2D eigenvalue weighted by atomic mass is 9.63. The Labute approximate surface area is 139 Å². The molecule has 0 saturated heterocycles. The highest BCUT2D eigenvalue weighted by Gasteiger charge is 2.38. The molecule has 0 spiro atoms. The lowest BCUT2D eigenvalue weighted by molar-refractivity contribution is 0.103. The van der Waals surface area contributed by atoms with Crippen LogP contribution in [0.2, 0.25) is 0 Å². The van der Waals surface area contributed by atoms with E-state index in [0.29, 0.717) is 10.8 Å². The maximum atomic E-state index is 3.83. The summed E-state index contributed by atoms with van der Waals surface area (Å²) in [5.74, 6) is 0.893. The Hall–Kier alpha value is -0.300. The maximum Gasteiger partial charge on any atom is 0.00911 e. The summed E-state index contributed by atoms with van der Waals surface area (Å²) in [6.45, 7) is 11.6. The summed E-state index contributed by atoms with van der Waals surface area (Å²) in [6, 6.07) is 7.04. The van der Waals surface area contributed by atoms with Crippen LogP contribution in [0.3, 0.4) is 0 Å². The van der Waals surface area contributed by atoms with Gasteiger partial charge >= 0.3 is 0 Å². The average Bonchev–Trinajstić information content (AvgIpc) is 2.37. The molecule has 1 heteroatoms. The summed E-state index contributed by atoms with van der Waals surface area (Å²) in [5, 5.41) is 1.14. The van der Waals surface area contributed by atoms with Crippen LogP contribution >= 0.6 is 15.9 Å². The Morgan fingerprint density at radius 2 is 1.57 bits per heavy atom. The molecule has 1 fully saturated rings. The van der Waals surface area contributed by atoms with Crippen molar-refractivity contribution in [2.45, 2.75) is 66.7 Å². The van der Waals surface area contributed by atoms with Crippen LogP contribution < -0.4 is 0 Å². The molecule has 1 aliphatic rings. The number of halogens is 1. The Bertz CT molecular complexity index is 453. The minimum absolute atomic E-state index is 0.471. The van der Waals surface area contributed by atoms with Gasteiger partial charge in [0.05, 0.1) is 0 Å². The number of alkyl halides is 1. The molecule has 0 aliphatic heterocycles. The quantitative estimate of drug-likeness (QED) is 0.548. The van der Waals surface area contributed by atoms with E-state index >= 15 is 0 Å². The summed E-state index contributed by atoms with van der Waals surface area (Å²) in [6.07, 6.45) is 6.75. The van der Waals surface area contributed by atoms with E-state index in [1.54, 1.807) is 0 Å². The highest BCUT2D eigenvalue weighted by molar-refractivity contribution is 9.09. The number of benzene rings is 1. The standard InChI is InChI=1S/C20H31Br/c1-15-10-16(2)12-17(11-15)13-20(14-21)8-6-18(7-9-20)19(3,4)5/h10-12,18H,6-9,13-14H2,1-5H3. The molecular formula is C20H31Br. The molecule has 0 aromatic heterocycles. The molecule has 118 valence electrons. The van der Waals surface area contributed by atoms with Crippen molar-refractivity contribution in [3.8, 4) is 0 Å². The van der Waals surface area contributed by atoms with E-state index in [1.807, 2.05) is 0 Å². The number of aryl methyl sites for hydroxylation is 2. The van der Waals surface area contributed by atoms with Gasteiger partial charge in [0.2, 0.25) is 0 Å². The normalized spacial score (nSPS) is 26.9. The van der Waals surface area contributed by atoms with Gasteiger partial charge in [0, 0.05) is 5.33 Å². The van der Waals surface area contributed by atoms with Crippen LogP contribution in [-0.4, -0.2) is 5.33 Å². The molecule has 1 aromatic rings. The minimum Gasteiger partial charge on any atom is -0.0922 e. The molecule has 0 unspecified atom stereocenters. The van der Waals surface area contributed by atoms with Gasteiger partial charge in [-0.2, -0.15) is 0 Å². The molecular weight excluding hydrogens is 320 g/mol. The average molecular weight is 351 g/mol. The largest absolute Gasteiger partial charge is 0.0922 e. The van der Waals surface area contributed by atoms with Gasteiger partial charge in [0.1, 0.15) is 0 Å². The predicted molar refractivity (Wildman–Crippen MR) is 97.3 cm³/mol. The van der Waals surface area contributed by atoms with Gasteiger partial charge in [0.15, 0.2) is 0 Å². The Kier molecular flexibility index (Phi) is 5.23. The van der Waals surface area contributed by atoms with Crippen molar-refractivity contribution in [1.29, 1.82) is 0 Å². The Morgan fingerprint density at radius 3 is 2.00 bits per heavy atom. The first kappa shape index (κ1) is 17.1. The van der Waals surface area contributed by atoms with Crippen LogP contribution in [0.5, 0.6) is 0 Å². The van der Waals surface area contributed by atoms with Gasteiger partial charge in [-0.15, -0.1) is 0 Å². The smallest absolute Gasteiger partial charge is 0.00911 e. The van der Waals surface area contributed by atoms with Crippen molar-refractivity contribution < 1.29 is 0 Å². The predicted octanol–water partition coefficient (Wildman–Crippen LogP) is 6.46. The van der Waals surface area contributed by atoms with E-state index in [0.717, 1.165) is 11.2 Å². The molecule has 0 atom stereocenters. The maximum absolute atomic E-state index is 3.83. The number of hydrogen-bond acceptors (Lipinski definition) is 0. The molecule has 1 aromatic carbocycles. The van der Waals surface area contributed by atoms with Crippen molar-refractivity contribution in [3.05, 3.63) is 34.9 Å². The van der Waals surface area contributed by atoms with Crippen LogP contribution in [0, 0.1) is 30.6 Å².